The molecule has 1 N–H and O–H groups in total. The van der Waals surface area contributed by atoms with Gasteiger partial charge in [-0.1, -0.05) is 5.21 Å². The number of carbonyl (C=O) groups is 1. The second-order valence-electron chi connectivity index (χ2n) is 6.38. The minimum absolute atomic E-state index is 0.0131. The molecule has 0 radical (unpaired) electrons. The van der Waals surface area contributed by atoms with Crippen LogP contribution in [-0.4, -0.2) is 54.5 Å². The normalized spacial score (nSPS) is 22.4. The van der Waals surface area contributed by atoms with Crippen LogP contribution < -0.4 is 11.2 Å². The van der Waals surface area contributed by atoms with Gasteiger partial charge in [-0.15, -0.1) is 5.10 Å². The molecule has 0 spiro atoms. The molecule has 2 atom stereocenters. The lowest BCUT2D eigenvalue weighted by Gasteiger charge is -2.41. The number of hydrogen-bond donors (Lipinski definition) is 1. The predicted molar refractivity (Wildman–Crippen MR) is 84.8 cm³/mol. The van der Waals surface area contributed by atoms with Crippen LogP contribution in [0.2, 0.25) is 0 Å². The molecule has 0 unspecified atom stereocenters. The number of hydrogen-bond acceptors (Lipinski definition) is 6. The zero-order valence-corrected chi connectivity index (χ0v) is 13.7. The van der Waals surface area contributed by atoms with Crippen molar-refractivity contribution < 1.29 is 9.53 Å². The average molecular weight is 346 g/mol. The van der Waals surface area contributed by atoms with Gasteiger partial charge in [-0.2, -0.15) is 0 Å². The van der Waals surface area contributed by atoms with E-state index in [4.69, 9.17) is 4.74 Å². The first kappa shape index (κ1) is 15.8. The molecule has 0 saturated carbocycles. The first-order valence-electron chi connectivity index (χ1n) is 8.10. The van der Waals surface area contributed by atoms with Crippen molar-refractivity contribution in [1.29, 1.82) is 0 Å². The van der Waals surface area contributed by atoms with E-state index in [-0.39, 0.29) is 30.0 Å². The molecule has 0 bridgehead atoms. The highest BCUT2D eigenvalue weighted by molar-refractivity contribution is 5.78. The summed E-state index contributed by atoms with van der Waals surface area (Å²) in [4.78, 5) is 40.3. The lowest BCUT2D eigenvalue weighted by atomic mass is 10.00. The van der Waals surface area contributed by atoms with Crippen LogP contribution in [0.25, 0.3) is 0 Å². The van der Waals surface area contributed by atoms with Crippen LogP contribution in [0.5, 0.6) is 0 Å². The van der Waals surface area contributed by atoms with Gasteiger partial charge in [-0.05, 0) is 6.42 Å². The van der Waals surface area contributed by atoms with Crippen LogP contribution in [0, 0.1) is 0 Å². The van der Waals surface area contributed by atoms with E-state index < -0.39 is 11.2 Å². The van der Waals surface area contributed by atoms with E-state index in [0.717, 1.165) is 10.3 Å². The number of rotatable bonds is 2. The smallest absolute Gasteiger partial charge is 0.328 e. The highest BCUT2D eigenvalue weighted by Crippen LogP contribution is 2.30. The Morgan fingerprint density at radius 3 is 3.12 bits per heavy atom. The molecule has 0 aliphatic carbocycles. The molecule has 0 aromatic carbocycles. The fourth-order valence-electron chi connectivity index (χ4n) is 3.42. The summed E-state index contributed by atoms with van der Waals surface area (Å²) in [6.45, 7) is 1.51. The van der Waals surface area contributed by atoms with Crippen molar-refractivity contribution in [1.82, 2.24) is 29.4 Å². The summed E-state index contributed by atoms with van der Waals surface area (Å²) in [6.07, 6.45) is 3.65. The van der Waals surface area contributed by atoms with Gasteiger partial charge in [0.05, 0.1) is 37.1 Å². The van der Waals surface area contributed by atoms with Gasteiger partial charge in [0.1, 0.15) is 0 Å². The number of likely N-dealkylation sites (tertiary alicyclic amines) is 1. The maximum Gasteiger partial charge on any atom is 0.328 e. The Morgan fingerprint density at radius 2 is 2.28 bits per heavy atom. The van der Waals surface area contributed by atoms with Gasteiger partial charge in [0.25, 0.3) is 5.56 Å². The van der Waals surface area contributed by atoms with E-state index in [9.17, 15) is 14.4 Å². The SMILES string of the molecule is Cn1c(=O)[nH]cc(CC(=O)N2CC[C@H]3OCc4cnnn4[C@H]3C2)c1=O. The Morgan fingerprint density at radius 1 is 1.44 bits per heavy atom. The fraction of sp³-hybridized carbons (Fsp3) is 0.533. The molecule has 1 fully saturated rings. The standard InChI is InChI=1S/C15H18N6O4/c1-19-14(23)9(5-16-15(19)24)4-13(22)20-3-2-12-11(7-20)21-10(8-25-12)6-17-18-21/h5-6,11-12H,2-4,7-8H2,1H3,(H,16,24)/t11-,12+/m0/s1. The number of aromatic nitrogens is 5. The summed E-state index contributed by atoms with van der Waals surface area (Å²) in [5.41, 5.74) is 0.215. The number of nitrogens with zero attached hydrogens (tertiary/aromatic N) is 5. The molecular formula is C15H18N6O4. The Balaban J connectivity index is 1.52. The van der Waals surface area contributed by atoms with Gasteiger partial charge >= 0.3 is 5.69 Å². The summed E-state index contributed by atoms with van der Waals surface area (Å²) in [5, 5.41) is 8.02. The molecule has 2 aromatic rings. The van der Waals surface area contributed by atoms with Crippen LogP contribution >= 0.6 is 0 Å². The number of ether oxygens (including phenoxy) is 1. The largest absolute Gasteiger partial charge is 0.370 e. The van der Waals surface area contributed by atoms with Crippen molar-refractivity contribution in [2.75, 3.05) is 13.1 Å². The van der Waals surface area contributed by atoms with Gasteiger partial charge in [-0.3, -0.25) is 14.2 Å². The van der Waals surface area contributed by atoms with E-state index in [2.05, 4.69) is 15.3 Å². The molecule has 1 amide bonds. The number of carbonyl (C=O) groups excluding carboxylic acids is 1. The zero-order valence-electron chi connectivity index (χ0n) is 13.7. The van der Waals surface area contributed by atoms with Crippen molar-refractivity contribution in [3.63, 3.8) is 0 Å². The Labute approximate surface area is 142 Å². The monoisotopic (exact) mass is 346 g/mol. The molecule has 10 nitrogen and oxygen atoms in total. The summed E-state index contributed by atoms with van der Waals surface area (Å²) in [7, 11) is 1.38. The Kier molecular flexibility index (Phi) is 3.75. The topological polar surface area (TPSA) is 115 Å². The highest BCUT2D eigenvalue weighted by Gasteiger charge is 2.37. The fourth-order valence-corrected chi connectivity index (χ4v) is 3.42. The van der Waals surface area contributed by atoms with E-state index in [1.165, 1.54) is 13.2 Å². The molecule has 1 saturated heterocycles. The van der Waals surface area contributed by atoms with Crippen molar-refractivity contribution in [3.8, 4) is 0 Å². The van der Waals surface area contributed by atoms with Crippen LogP contribution in [0.15, 0.2) is 22.0 Å². The first-order valence-corrected chi connectivity index (χ1v) is 8.10. The van der Waals surface area contributed by atoms with Gasteiger partial charge in [-0.25, -0.2) is 9.48 Å². The summed E-state index contributed by atoms with van der Waals surface area (Å²) in [5.74, 6) is -0.158. The third-order valence-corrected chi connectivity index (χ3v) is 4.88. The van der Waals surface area contributed by atoms with E-state index in [1.54, 1.807) is 11.1 Å². The van der Waals surface area contributed by atoms with Crippen molar-refractivity contribution in [2.45, 2.75) is 31.6 Å². The lowest BCUT2D eigenvalue weighted by Crippen LogP contribution is -2.50. The van der Waals surface area contributed by atoms with Crippen LogP contribution in [0.4, 0.5) is 0 Å². The second-order valence-corrected chi connectivity index (χ2v) is 6.38. The Bertz CT molecular complexity index is 929. The summed E-state index contributed by atoms with van der Waals surface area (Å²) >= 11 is 0. The van der Waals surface area contributed by atoms with Crippen molar-refractivity contribution in [3.05, 3.63) is 44.5 Å². The van der Waals surface area contributed by atoms with Crippen molar-refractivity contribution >= 4 is 5.91 Å². The predicted octanol–water partition coefficient (Wildman–Crippen LogP) is -1.42. The third-order valence-electron chi connectivity index (χ3n) is 4.88. The molecule has 2 aliphatic heterocycles. The average Bonchev–Trinajstić information content (AvgIpc) is 3.11. The summed E-state index contributed by atoms with van der Waals surface area (Å²) < 4.78 is 8.62. The summed E-state index contributed by atoms with van der Waals surface area (Å²) in [6, 6.07) is -0.0673. The van der Waals surface area contributed by atoms with E-state index in [1.807, 2.05) is 4.68 Å². The molecule has 10 heteroatoms. The number of fused-ring (bicyclic) bond motifs is 3. The van der Waals surface area contributed by atoms with Gasteiger partial charge < -0.3 is 14.6 Å². The molecule has 4 heterocycles. The quantitative estimate of drug-likeness (QED) is 0.714. The molecule has 2 aromatic heterocycles. The molecule has 25 heavy (non-hydrogen) atoms. The number of H-pyrrole nitrogens is 1. The molecule has 4 rings (SSSR count). The minimum atomic E-state index is -0.500. The number of amides is 1. The third kappa shape index (κ3) is 2.68. The maximum absolute atomic E-state index is 12.6. The molecular weight excluding hydrogens is 328 g/mol. The van der Waals surface area contributed by atoms with Crippen LogP contribution in [0.1, 0.15) is 23.7 Å². The first-order chi connectivity index (χ1) is 12.0. The zero-order chi connectivity index (χ0) is 17.6. The molecule has 2 aliphatic rings. The lowest BCUT2D eigenvalue weighted by molar-refractivity contribution is -0.137. The maximum atomic E-state index is 12.6. The molecule has 132 valence electrons. The Hall–Kier alpha value is -2.75. The van der Waals surface area contributed by atoms with Gasteiger partial charge in [0, 0.05) is 31.9 Å². The van der Waals surface area contributed by atoms with E-state index in [0.29, 0.717) is 26.1 Å². The van der Waals surface area contributed by atoms with Gasteiger partial charge in [0.15, 0.2) is 0 Å². The number of aromatic amines is 1. The van der Waals surface area contributed by atoms with Crippen LogP contribution in [-0.2, 0) is 29.6 Å². The minimum Gasteiger partial charge on any atom is -0.370 e. The van der Waals surface area contributed by atoms with Crippen LogP contribution in [0.3, 0.4) is 0 Å². The number of nitrogens with one attached hydrogen (secondary N) is 1. The van der Waals surface area contributed by atoms with Gasteiger partial charge in [0.2, 0.25) is 5.91 Å². The highest BCUT2D eigenvalue weighted by atomic mass is 16.5. The second kappa shape index (κ2) is 5.96. The number of piperidine rings is 1. The van der Waals surface area contributed by atoms with E-state index >= 15 is 0 Å². The van der Waals surface area contributed by atoms with Crippen molar-refractivity contribution in [2.24, 2.45) is 7.05 Å².